The summed E-state index contributed by atoms with van der Waals surface area (Å²) >= 11 is 1.51. The molecule has 0 aliphatic rings. The van der Waals surface area contributed by atoms with Crippen LogP contribution in [0.5, 0.6) is 0 Å². The zero-order chi connectivity index (χ0) is 14.8. The van der Waals surface area contributed by atoms with Crippen molar-refractivity contribution in [1.29, 1.82) is 0 Å². The minimum absolute atomic E-state index is 0.199. The van der Waals surface area contributed by atoms with Gasteiger partial charge in [-0.25, -0.2) is 9.37 Å². The second-order valence-electron chi connectivity index (χ2n) is 5.15. The van der Waals surface area contributed by atoms with Crippen molar-refractivity contribution in [3.63, 3.8) is 0 Å². The summed E-state index contributed by atoms with van der Waals surface area (Å²) in [5, 5.41) is 0.599. The van der Waals surface area contributed by atoms with Gasteiger partial charge in [-0.05, 0) is 42.4 Å². The summed E-state index contributed by atoms with van der Waals surface area (Å²) in [6, 6.07) is 12.8. The third-order valence-electron chi connectivity index (χ3n) is 3.29. The number of benzene rings is 2. The molecule has 0 spiro atoms. The number of aromatic nitrogens is 1. The highest BCUT2D eigenvalue weighted by Crippen LogP contribution is 2.25. The van der Waals surface area contributed by atoms with E-state index in [0.717, 1.165) is 28.9 Å². The Kier molecular flexibility index (Phi) is 3.86. The van der Waals surface area contributed by atoms with Gasteiger partial charge in [-0.15, -0.1) is 0 Å². The van der Waals surface area contributed by atoms with Crippen LogP contribution in [0.3, 0.4) is 0 Å². The Morgan fingerprint density at radius 2 is 1.76 bits per heavy atom. The van der Waals surface area contributed by atoms with E-state index in [9.17, 15) is 4.39 Å². The van der Waals surface area contributed by atoms with Crippen LogP contribution in [0.4, 0.5) is 9.52 Å². The van der Waals surface area contributed by atoms with Crippen LogP contribution >= 0.6 is 11.3 Å². The summed E-state index contributed by atoms with van der Waals surface area (Å²) in [7, 11) is 2.05. The molecule has 21 heavy (non-hydrogen) atoms. The van der Waals surface area contributed by atoms with E-state index in [2.05, 4.69) is 29.1 Å². The van der Waals surface area contributed by atoms with Crippen molar-refractivity contribution in [1.82, 2.24) is 9.88 Å². The van der Waals surface area contributed by atoms with Gasteiger partial charge in [0.05, 0.1) is 10.2 Å². The van der Waals surface area contributed by atoms with Gasteiger partial charge in [-0.1, -0.05) is 29.5 Å². The highest BCUT2D eigenvalue weighted by molar-refractivity contribution is 7.22. The largest absolute Gasteiger partial charge is 0.375 e. The number of hydrogen-bond donors (Lipinski definition) is 1. The van der Waals surface area contributed by atoms with Gasteiger partial charge in [-0.2, -0.15) is 0 Å². The third kappa shape index (κ3) is 3.37. The zero-order valence-electron chi connectivity index (χ0n) is 11.7. The lowest BCUT2D eigenvalue weighted by molar-refractivity contribution is 0.319. The van der Waals surface area contributed by atoms with Gasteiger partial charge in [-0.3, -0.25) is 4.90 Å². The van der Waals surface area contributed by atoms with Crippen LogP contribution < -0.4 is 5.73 Å². The van der Waals surface area contributed by atoms with Crippen LogP contribution in [-0.4, -0.2) is 16.9 Å². The Morgan fingerprint density at radius 3 is 2.52 bits per heavy atom. The van der Waals surface area contributed by atoms with Gasteiger partial charge in [0.2, 0.25) is 0 Å². The summed E-state index contributed by atoms with van der Waals surface area (Å²) in [5.74, 6) is -0.199. The number of halogens is 1. The van der Waals surface area contributed by atoms with Crippen molar-refractivity contribution in [3.05, 3.63) is 59.4 Å². The molecule has 2 N–H and O–H groups in total. The monoisotopic (exact) mass is 301 g/mol. The fourth-order valence-corrected chi connectivity index (χ4v) is 3.15. The quantitative estimate of drug-likeness (QED) is 0.800. The van der Waals surface area contributed by atoms with E-state index in [-0.39, 0.29) is 5.82 Å². The van der Waals surface area contributed by atoms with Crippen molar-refractivity contribution >= 4 is 26.7 Å². The Balaban J connectivity index is 1.70. The van der Waals surface area contributed by atoms with E-state index in [4.69, 9.17) is 5.73 Å². The van der Waals surface area contributed by atoms with Gasteiger partial charge in [0.1, 0.15) is 5.82 Å². The molecule has 0 fully saturated rings. The average molecular weight is 301 g/mol. The molecule has 2 aromatic carbocycles. The smallest absolute Gasteiger partial charge is 0.181 e. The number of rotatable bonds is 4. The Labute approximate surface area is 126 Å². The van der Waals surface area contributed by atoms with Crippen LogP contribution in [0.15, 0.2) is 42.5 Å². The lowest BCUT2D eigenvalue weighted by Gasteiger charge is -2.16. The summed E-state index contributed by atoms with van der Waals surface area (Å²) < 4.78 is 14.0. The molecule has 1 heterocycles. The molecule has 1 aromatic heterocycles. The topological polar surface area (TPSA) is 42.2 Å². The van der Waals surface area contributed by atoms with Gasteiger partial charge in [0.25, 0.3) is 0 Å². The molecule has 0 bridgehead atoms. The molecule has 0 saturated carbocycles. The highest BCUT2D eigenvalue weighted by atomic mass is 32.1. The van der Waals surface area contributed by atoms with E-state index >= 15 is 0 Å². The zero-order valence-corrected chi connectivity index (χ0v) is 12.5. The Hall–Kier alpha value is -1.98. The van der Waals surface area contributed by atoms with Crippen molar-refractivity contribution in [2.45, 2.75) is 13.1 Å². The fourth-order valence-electron chi connectivity index (χ4n) is 2.35. The van der Waals surface area contributed by atoms with Crippen molar-refractivity contribution in [2.75, 3.05) is 12.8 Å². The molecule has 0 aliphatic heterocycles. The molecule has 0 unspecified atom stereocenters. The van der Waals surface area contributed by atoms with Crippen molar-refractivity contribution in [3.8, 4) is 0 Å². The predicted octanol–water partition coefficient (Wildman–Crippen LogP) is 3.65. The second kappa shape index (κ2) is 5.79. The molecule has 3 rings (SSSR count). The van der Waals surface area contributed by atoms with Crippen molar-refractivity contribution < 1.29 is 4.39 Å². The first kappa shape index (κ1) is 14.0. The van der Waals surface area contributed by atoms with Crippen LogP contribution in [0.1, 0.15) is 11.1 Å². The fraction of sp³-hybridized carbons (Fsp3) is 0.188. The maximum absolute atomic E-state index is 12.9. The number of anilines is 1. The van der Waals surface area contributed by atoms with Crippen LogP contribution in [0, 0.1) is 5.82 Å². The van der Waals surface area contributed by atoms with Gasteiger partial charge in [0, 0.05) is 13.1 Å². The van der Waals surface area contributed by atoms with Crippen LogP contribution in [0.2, 0.25) is 0 Å². The molecule has 0 aliphatic carbocycles. The van der Waals surface area contributed by atoms with Crippen molar-refractivity contribution in [2.24, 2.45) is 0 Å². The summed E-state index contributed by atoms with van der Waals surface area (Å²) in [6.45, 7) is 1.61. The first-order valence-corrected chi connectivity index (χ1v) is 7.50. The standard InChI is InChI=1S/C16H16FN3S/c1-20(9-11-2-5-13(17)6-3-11)10-12-4-7-14-15(8-12)21-16(18)19-14/h2-8H,9-10H2,1H3,(H2,18,19). The van der Waals surface area contributed by atoms with Gasteiger partial charge < -0.3 is 5.73 Å². The average Bonchev–Trinajstić information content (AvgIpc) is 2.80. The van der Waals surface area contributed by atoms with E-state index < -0.39 is 0 Å². The minimum Gasteiger partial charge on any atom is -0.375 e. The van der Waals surface area contributed by atoms with E-state index in [0.29, 0.717) is 5.13 Å². The molecule has 0 amide bonds. The molecule has 3 nitrogen and oxygen atoms in total. The van der Waals surface area contributed by atoms with Gasteiger partial charge in [0.15, 0.2) is 5.13 Å². The van der Waals surface area contributed by atoms with E-state index in [1.54, 1.807) is 0 Å². The number of fused-ring (bicyclic) bond motifs is 1. The molecular formula is C16H16FN3S. The van der Waals surface area contributed by atoms with E-state index in [1.165, 1.54) is 29.0 Å². The lowest BCUT2D eigenvalue weighted by atomic mass is 10.1. The molecule has 0 radical (unpaired) electrons. The van der Waals surface area contributed by atoms with E-state index in [1.807, 2.05) is 18.2 Å². The second-order valence-corrected chi connectivity index (χ2v) is 6.22. The SMILES string of the molecule is CN(Cc1ccc(F)cc1)Cc1ccc2nc(N)sc2c1. The molecular weight excluding hydrogens is 285 g/mol. The summed E-state index contributed by atoms with van der Waals surface area (Å²) in [6.07, 6.45) is 0. The third-order valence-corrected chi connectivity index (χ3v) is 4.13. The number of nitrogens with zero attached hydrogens (tertiary/aromatic N) is 2. The Bertz CT molecular complexity index is 752. The minimum atomic E-state index is -0.199. The van der Waals surface area contributed by atoms with Crippen LogP contribution in [0.25, 0.3) is 10.2 Å². The van der Waals surface area contributed by atoms with Gasteiger partial charge >= 0.3 is 0 Å². The molecule has 108 valence electrons. The molecule has 0 atom stereocenters. The number of nitrogen functional groups attached to an aromatic ring is 1. The maximum Gasteiger partial charge on any atom is 0.181 e. The first-order valence-electron chi connectivity index (χ1n) is 6.68. The summed E-state index contributed by atoms with van der Waals surface area (Å²) in [4.78, 5) is 6.45. The van der Waals surface area contributed by atoms with Crippen LogP contribution in [-0.2, 0) is 13.1 Å². The predicted molar refractivity (Wildman–Crippen MR) is 85.6 cm³/mol. The number of thiazole rings is 1. The molecule has 3 aromatic rings. The lowest BCUT2D eigenvalue weighted by Crippen LogP contribution is -2.17. The normalized spacial score (nSPS) is 11.4. The first-order chi connectivity index (χ1) is 10.1. The molecule has 0 saturated heterocycles. The maximum atomic E-state index is 12.9. The highest BCUT2D eigenvalue weighted by Gasteiger charge is 2.05. The Morgan fingerprint density at radius 1 is 1.10 bits per heavy atom. The summed E-state index contributed by atoms with van der Waals surface area (Å²) in [5.41, 5.74) is 8.99. The number of nitrogens with two attached hydrogens (primary N) is 1. The number of hydrogen-bond acceptors (Lipinski definition) is 4. The molecule has 5 heteroatoms.